The second kappa shape index (κ2) is 10.2. The van der Waals surface area contributed by atoms with Gasteiger partial charge >= 0.3 is 0 Å². The molecule has 39 heavy (non-hydrogen) atoms. The number of aryl methyl sites for hydroxylation is 2. The van der Waals surface area contributed by atoms with E-state index < -0.39 is 6.10 Å². The van der Waals surface area contributed by atoms with Crippen LogP contribution in [0.2, 0.25) is 5.82 Å². The Morgan fingerprint density at radius 2 is 1.90 bits per heavy atom. The van der Waals surface area contributed by atoms with Gasteiger partial charge in [0.05, 0.1) is 28.4 Å². The highest BCUT2D eigenvalue weighted by Gasteiger charge is 2.72. The molecular weight excluding hydrogens is 623 g/mol. The summed E-state index contributed by atoms with van der Waals surface area (Å²) in [6.07, 6.45) is 4.78. The Hall–Kier alpha value is -1.84. The number of hydrogen-bond donors (Lipinski definition) is 2. The molecule has 10 heteroatoms. The van der Waals surface area contributed by atoms with E-state index in [0.717, 1.165) is 47.3 Å². The van der Waals surface area contributed by atoms with Crippen molar-refractivity contribution in [1.29, 1.82) is 0 Å². The van der Waals surface area contributed by atoms with Crippen LogP contribution in [0.1, 0.15) is 61.3 Å². The van der Waals surface area contributed by atoms with Crippen molar-refractivity contribution in [2.75, 3.05) is 6.61 Å². The molecule has 7 rings (SSSR count). The Morgan fingerprint density at radius 3 is 2.59 bits per heavy atom. The van der Waals surface area contributed by atoms with E-state index in [1.165, 1.54) is 18.4 Å². The van der Waals surface area contributed by atoms with Crippen LogP contribution in [0.3, 0.4) is 0 Å². The van der Waals surface area contributed by atoms with Crippen molar-refractivity contribution < 1.29 is 19.1 Å². The molecule has 2 N–H and O–H groups in total. The highest BCUT2D eigenvalue weighted by Crippen LogP contribution is 2.64. The van der Waals surface area contributed by atoms with Gasteiger partial charge in [-0.15, -0.1) is 9.24 Å². The molecule has 2 aromatic carbocycles. The van der Waals surface area contributed by atoms with Crippen LogP contribution in [-0.4, -0.2) is 52.6 Å². The van der Waals surface area contributed by atoms with Gasteiger partial charge in [-0.2, -0.15) is 0 Å². The summed E-state index contributed by atoms with van der Waals surface area (Å²) in [6, 6.07) is 12.6. The van der Waals surface area contributed by atoms with E-state index in [2.05, 4.69) is 63.6 Å². The quantitative estimate of drug-likeness (QED) is 0.197. The third kappa shape index (κ3) is 5.19. The third-order valence-corrected chi connectivity index (χ3v) is 11.1. The Morgan fingerprint density at radius 1 is 1.15 bits per heavy atom. The zero-order valence-electron chi connectivity index (χ0n) is 22.8. The van der Waals surface area contributed by atoms with Crippen molar-refractivity contribution in [2.45, 2.75) is 87.5 Å². The SMILES string of the molecule is BC1CC(NC2CC(C(=O)N(I)C34CC(NC(=O)COc5ccc(C)c(P)c5)(C3)C4)Oc3ccc(C)cc32)C1. The highest BCUT2D eigenvalue weighted by atomic mass is 127. The Kier molecular flexibility index (Phi) is 7.16. The minimum Gasteiger partial charge on any atom is -0.484 e. The average Bonchev–Trinajstić information content (AvgIpc) is 2.84. The van der Waals surface area contributed by atoms with Crippen molar-refractivity contribution in [3.05, 3.63) is 53.1 Å². The molecule has 3 unspecified atom stereocenters. The molecule has 2 bridgehead atoms. The molecule has 4 aliphatic carbocycles. The largest absolute Gasteiger partial charge is 0.484 e. The maximum absolute atomic E-state index is 13.7. The van der Waals surface area contributed by atoms with Gasteiger partial charge in [-0.1, -0.05) is 29.6 Å². The van der Waals surface area contributed by atoms with Crippen LogP contribution in [0.25, 0.3) is 0 Å². The molecule has 0 spiro atoms. The Bertz CT molecular complexity index is 1300. The number of nitrogens with zero attached hydrogens (tertiary/aromatic N) is 1. The monoisotopic (exact) mass is 659 g/mol. The summed E-state index contributed by atoms with van der Waals surface area (Å²) in [4.78, 5) is 26.3. The van der Waals surface area contributed by atoms with Gasteiger partial charge in [0.15, 0.2) is 12.7 Å². The number of ether oxygens (including phenoxy) is 2. The third-order valence-electron chi connectivity index (χ3n) is 8.98. The zero-order valence-corrected chi connectivity index (χ0v) is 26.1. The topological polar surface area (TPSA) is 79.9 Å². The second-order valence-corrected chi connectivity index (χ2v) is 14.0. The van der Waals surface area contributed by atoms with Crippen LogP contribution >= 0.6 is 32.1 Å². The molecule has 0 aromatic heterocycles. The number of carbonyl (C=O) groups excluding carboxylic acids is 2. The van der Waals surface area contributed by atoms with Crippen LogP contribution in [0.5, 0.6) is 11.5 Å². The maximum Gasteiger partial charge on any atom is 0.272 e. The number of halogens is 1. The van der Waals surface area contributed by atoms with Crippen LogP contribution in [0, 0.1) is 13.8 Å². The van der Waals surface area contributed by atoms with E-state index in [1.807, 2.05) is 40.4 Å². The minimum absolute atomic E-state index is 0.0161. The number of amides is 2. The van der Waals surface area contributed by atoms with Crippen molar-refractivity contribution >= 4 is 57.1 Å². The second-order valence-electron chi connectivity index (χ2n) is 12.4. The number of nitrogens with one attached hydrogen (secondary N) is 2. The number of hydrogen-bond acceptors (Lipinski definition) is 5. The molecule has 1 aliphatic heterocycles. The van der Waals surface area contributed by atoms with Crippen molar-refractivity contribution in [3.63, 3.8) is 0 Å². The van der Waals surface area contributed by atoms with E-state index in [9.17, 15) is 9.59 Å². The summed E-state index contributed by atoms with van der Waals surface area (Å²) in [7, 11) is 4.97. The summed E-state index contributed by atoms with van der Waals surface area (Å²) in [5, 5.41) is 8.03. The van der Waals surface area contributed by atoms with Crippen molar-refractivity contribution in [1.82, 2.24) is 13.7 Å². The predicted octanol–water partition coefficient (Wildman–Crippen LogP) is 3.22. The van der Waals surface area contributed by atoms with E-state index in [0.29, 0.717) is 18.2 Å². The lowest BCUT2D eigenvalue weighted by Gasteiger charge is -2.72. The summed E-state index contributed by atoms with van der Waals surface area (Å²) >= 11 is 2.17. The lowest BCUT2D eigenvalue weighted by Crippen LogP contribution is -2.83. The Labute approximate surface area is 247 Å². The zero-order chi connectivity index (χ0) is 27.5. The molecule has 1 heterocycles. The van der Waals surface area contributed by atoms with Gasteiger partial charge in [-0.25, -0.2) is 0 Å². The van der Waals surface area contributed by atoms with E-state index in [1.54, 1.807) is 0 Å². The summed E-state index contributed by atoms with van der Waals surface area (Å²) in [5.41, 5.74) is 3.08. The number of carbonyl (C=O) groups is 2. The molecule has 0 saturated heterocycles. The lowest BCUT2D eigenvalue weighted by molar-refractivity contribution is -0.171. The van der Waals surface area contributed by atoms with E-state index in [-0.39, 0.29) is 35.5 Å². The molecule has 0 radical (unpaired) electrons. The molecule has 5 aliphatic rings. The fourth-order valence-electron chi connectivity index (χ4n) is 6.85. The molecule has 4 saturated carbocycles. The normalized spacial score (nSPS) is 31.9. The number of rotatable bonds is 8. The average molecular weight is 659 g/mol. The number of fused-ring (bicyclic) bond motifs is 1. The lowest BCUT2D eigenvalue weighted by atomic mass is 9.44. The molecule has 206 valence electrons. The predicted molar refractivity (Wildman–Crippen MR) is 166 cm³/mol. The van der Waals surface area contributed by atoms with Gasteiger partial charge in [0.2, 0.25) is 0 Å². The molecule has 3 atom stereocenters. The van der Waals surface area contributed by atoms with Crippen LogP contribution in [0.4, 0.5) is 0 Å². The standard InChI is InChI=1S/C29H36BIN3O4P/c1-16-3-6-23-21(7-16)22(32-19-8-18(30)9-19)11-24(38-23)27(36)34(31)29-13-28(14-29,15-29)33-26(35)12-37-20-5-4-17(2)25(39)10-20/h3-7,10,18-19,22,24,32H,8-9,11-15,30,39H2,1-2H3,(H,33,35). The van der Waals surface area contributed by atoms with Gasteiger partial charge in [-0.05, 0) is 75.0 Å². The Balaban J connectivity index is 1.04. The van der Waals surface area contributed by atoms with Gasteiger partial charge in [0.1, 0.15) is 19.3 Å². The van der Waals surface area contributed by atoms with Gasteiger partial charge < -0.3 is 20.1 Å². The maximum atomic E-state index is 13.7. The fourth-order valence-corrected chi connectivity index (χ4v) is 7.93. The fraction of sp³-hybridized carbons (Fsp3) is 0.517. The summed E-state index contributed by atoms with van der Waals surface area (Å²) in [6.45, 7) is 4.11. The first kappa shape index (κ1) is 27.3. The van der Waals surface area contributed by atoms with Gasteiger partial charge in [0, 0.05) is 29.6 Å². The first-order valence-electron chi connectivity index (χ1n) is 13.9. The first-order valence-corrected chi connectivity index (χ1v) is 15.4. The van der Waals surface area contributed by atoms with E-state index in [4.69, 9.17) is 9.47 Å². The van der Waals surface area contributed by atoms with Crippen LogP contribution in [0.15, 0.2) is 36.4 Å². The smallest absolute Gasteiger partial charge is 0.272 e. The summed E-state index contributed by atoms with van der Waals surface area (Å²) < 4.78 is 13.9. The van der Waals surface area contributed by atoms with Crippen LogP contribution in [-0.2, 0) is 9.59 Å². The molecule has 7 nitrogen and oxygen atoms in total. The first-order chi connectivity index (χ1) is 18.5. The summed E-state index contributed by atoms with van der Waals surface area (Å²) in [5.74, 6) is 2.15. The number of benzene rings is 2. The molecule has 2 amide bonds. The van der Waals surface area contributed by atoms with Crippen molar-refractivity contribution in [3.8, 4) is 11.5 Å². The highest BCUT2D eigenvalue weighted by molar-refractivity contribution is 14.1. The minimum atomic E-state index is -0.517. The molecule has 4 fully saturated rings. The van der Waals surface area contributed by atoms with Gasteiger partial charge in [0.25, 0.3) is 11.8 Å². The van der Waals surface area contributed by atoms with Crippen LogP contribution < -0.4 is 25.4 Å². The van der Waals surface area contributed by atoms with Gasteiger partial charge in [-0.3, -0.25) is 12.7 Å². The molecular formula is C29H36BIN3O4P. The molecule has 2 aromatic rings. The van der Waals surface area contributed by atoms with E-state index >= 15 is 0 Å². The van der Waals surface area contributed by atoms with Crippen molar-refractivity contribution in [2.24, 2.45) is 0 Å².